The van der Waals surface area contributed by atoms with E-state index in [1.807, 2.05) is 0 Å². The molecule has 1 aromatic carbocycles. The number of ether oxygens (including phenoxy) is 2. The minimum absolute atomic E-state index is 0.182. The van der Waals surface area contributed by atoms with Crippen LogP contribution in [-0.4, -0.2) is 44.5 Å². The molecule has 1 unspecified atom stereocenters. The summed E-state index contributed by atoms with van der Waals surface area (Å²) < 4.78 is 10.9. The van der Waals surface area contributed by atoms with Crippen molar-refractivity contribution in [3.63, 3.8) is 0 Å². The Morgan fingerprint density at radius 2 is 2.22 bits per heavy atom. The highest BCUT2D eigenvalue weighted by atomic mass is 79.9. The Labute approximate surface area is 114 Å². The lowest BCUT2D eigenvalue weighted by Crippen LogP contribution is -2.40. The molecule has 18 heavy (non-hydrogen) atoms. The molecule has 0 aliphatic carbocycles. The molecule has 6 heteroatoms. The fourth-order valence-electron chi connectivity index (χ4n) is 1.46. The molecule has 5 nitrogen and oxygen atoms in total. The summed E-state index contributed by atoms with van der Waals surface area (Å²) in [5, 5.41) is 11.8. The standard InChI is InChI=1S/C12H16BrNO4/c1-17-7-9(6-15)14-12(16)10-4-3-8(13)5-11(10)18-2/h3-5,9,15H,6-7H2,1-2H3,(H,14,16). The molecule has 1 atom stereocenters. The first-order chi connectivity index (χ1) is 8.62. The maximum Gasteiger partial charge on any atom is 0.255 e. The van der Waals surface area contributed by atoms with Crippen LogP contribution in [0.25, 0.3) is 0 Å². The van der Waals surface area contributed by atoms with Crippen LogP contribution in [0.3, 0.4) is 0 Å². The van der Waals surface area contributed by atoms with Crippen molar-refractivity contribution in [1.82, 2.24) is 5.32 Å². The number of carbonyl (C=O) groups is 1. The second kappa shape index (κ2) is 7.35. The molecule has 1 aromatic rings. The van der Waals surface area contributed by atoms with Crippen LogP contribution >= 0.6 is 15.9 Å². The summed E-state index contributed by atoms with van der Waals surface area (Å²) in [6.45, 7) is 0.0690. The van der Waals surface area contributed by atoms with Crippen molar-refractivity contribution in [3.05, 3.63) is 28.2 Å². The van der Waals surface area contributed by atoms with Crippen LogP contribution in [0.1, 0.15) is 10.4 Å². The Morgan fingerprint density at radius 1 is 1.50 bits per heavy atom. The normalized spacial score (nSPS) is 12.0. The SMILES string of the molecule is COCC(CO)NC(=O)c1ccc(Br)cc1OC. The van der Waals surface area contributed by atoms with E-state index in [1.165, 1.54) is 14.2 Å². The highest BCUT2D eigenvalue weighted by Crippen LogP contribution is 2.23. The summed E-state index contributed by atoms with van der Waals surface area (Å²) >= 11 is 3.30. The van der Waals surface area contributed by atoms with Gasteiger partial charge in [0.05, 0.1) is 31.9 Å². The van der Waals surface area contributed by atoms with Gasteiger partial charge in [0, 0.05) is 11.6 Å². The third kappa shape index (κ3) is 3.97. The van der Waals surface area contributed by atoms with Gasteiger partial charge < -0.3 is 19.9 Å². The van der Waals surface area contributed by atoms with Gasteiger partial charge in [0.2, 0.25) is 0 Å². The zero-order chi connectivity index (χ0) is 13.5. The number of hydrogen-bond acceptors (Lipinski definition) is 4. The molecule has 0 aromatic heterocycles. The number of nitrogens with one attached hydrogen (secondary N) is 1. The number of rotatable bonds is 6. The number of amides is 1. The molecule has 0 saturated heterocycles. The summed E-state index contributed by atoms with van der Waals surface area (Å²) in [5.41, 5.74) is 0.412. The van der Waals surface area contributed by atoms with Crippen LogP contribution in [0, 0.1) is 0 Å². The zero-order valence-corrected chi connectivity index (χ0v) is 11.9. The van der Waals surface area contributed by atoms with Gasteiger partial charge in [0.15, 0.2) is 0 Å². The topological polar surface area (TPSA) is 67.8 Å². The lowest BCUT2D eigenvalue weighted by molar-refractivity contribution is 0.0837. The van der Waals surface area contributed by atoms with Gasteiger partial charge in [0.1, 0.15) is 5.75 Å². The summed E-state index contributed by atoms with van der Waals surface area (Å²) in [6, 6.07) is 4.68. The van der Waals surface area contributed by atoms with Crippen molar-refractivity contribution in [3.8, 4) is 5.75 Å². The Balaban J connectivity index is 2.83. The van der Waals surface area contributed by atoms with E-state index in [4.69, 9.17) is 14.6 Å². The molecule has 100 valence electrons. The van der Waals surface area contributed by atoms with Gasteiger partial charge in [-0.1, -0.05) is 15.9 Å². The number of methoxy groups -OCH3 is 2. The first-order valence-electron chi connectivity index (χ1n) is 5.36. The quantitative estimate of drug-likeness (QED) is 0.827. The molecule has 1 amide bonds. The third-order valence-corrected chi connectivity index (χ3v) is 2.82. The van der Waals surface area contributed by atoms with E-state index < -0.39 is 6.04 Å². The van der Waals surface area contributed by atoms with Crippen molar-refractivity contribution in [2.45, 2.75) is 6.04 Å². The molecule has 1 rings (SSSR count). The molecular weight excluding hydrogens is 302 g/mol. The third-order valence-electron chi connectivity index (χ3n) is 2.33. The number of aliphatic hydroxyl groups excluding tert-OH is 1. The summed E-state index contributed by atoms with van der Waals surface area (Å²) in [7, 11) is 3.01. The zero-order valence-electron chi connectivity index (χ0n) is 10.3. The molecule has 0 aliphatic rings. The van der Waals surface area contributed by atoms with Crippen molar-refractivity contribution in [2.75, 3.05) is 27.4 Å². The average molecular weight is 318 g/mol. The fraction of sp³-hybridized carbons (Fsp3) is 0.417. The largest absolute Gasteiger partial charge is 0.496 e. The lowest BCUT2D eigenvalue weighted by Gasteiger charge is -2.16. The maximum atomic E-state index is 12.0. The minimum atomic E-state index is -0.434. The average Bonchev–Trinajstić information content (AvgIpc) is 2.37. The predicted octanol–water partition coefficient (Wildman–Crippen LogP) is 1.19. The van der Waals surface area contributed by atoms with Gasteiger partial charge in [-0.2, -0.15) is 0 Å². The molecule has 0 fully saturated rings. The fourth-order valence-corrected chi connectivity index (χ4v) is 1.80. The monoisotopic (exact) mass is 317 g/mol. The molecule has 0 aliphatic heterocycles. The van der Waals surface area contributed by atoms with E-state index >= 15 is 0 Å². The number of aliphatic hydroxyl groups is 1. The molecule has 0 bridgehead atoms. The van der Waals surface area contributed by atoms with Gasteiger partial charge in [-0.3, -0.25) is 4.79 Å². The second-order valence-corrected chi connectivity index (χ2v) is 4.57. The molecule has 0 radical (unpaired) electrons. The van der Waals surface area contributed by atoms with E-state index in [0.29, 0.717) is 11.3 Å². The van der Waals surface area contributed by atoms with Gasteiger partial charge in [0.25, 0.3) is 5.91 Å². The van der Waals surface area contributed by atoms with Gasteiger partial charge in [-0.25, -0.2) is 0 Å². The van der Waals surface area contributed by atoms with E-state index in [9.17, 15) is 4.79 Å². The number of benzene rings is 1. The second-order valence-electron chi connectivity index (χ2n) is 3.65. The van der Waals surface area contributed by atoms with Crippen LogP contribution in [0.5, 0.6) is 5.75 Å². The minimum Gasteiger partial charge on any atom is -0.496 e. The maximum absolute atomic E-state index is 12.0. The Morgan fingerprint density at radius 3 is 2.78 bits per heavy atom. The first-order valence-corrected chi connectivity index (χ1v) is 6.15. The van der Waals surface area contributed by atoms with Crippen LogP contribution < -0.4 is 10.1 Å². The van der Waals surface area contributed by atoms with Gasteiger partial charge in [-0.05, 0) is 18.2 Å². The molecule has 2 N–H and O–H groups in total. The van der Waals surface area contributed by atoms with Crippen molar-refractivity contribution >= 4 is 21.8 Å². The highest BCUT2D eigenvalue weighted by molar-refractivity contribution is 9.10. The van der Waals surface area contributed by atoms with E-state index in [1.54, 1.807) is 18.2 Å². The highest BCUT2D eigenvalue weighted by Gasteiger charge is 2.16. The molecule has 0 spiro atoms. The number of hydrogen-bond donors (Lipinski definition) is 2. The first kappa shape index (κ1) is 14.9. The number of halogens is 1. The molecule has 0 heterocycles. The summed E-state index contributed by atoms with van der Waals surface area (Å²) in [5.74, 6) is 0.159. The Bertz CT molecular complexity index is 411. The van der Waals surface area contributed by atoms with Crippen LogP contribution in [0.15, 0.2) is 22.7 Å². The Kier molecular flexibility index (Phi) is 6.11. The summed E-state index contributed by atoms with van der Waals surface area (Å²) in [6.07, 6.45) is 0. The molecular formula is C12H16BrNO4. The van der Waals surface area contributed by atoms with Crippen molar-refractivity contribution in [2.24, 2.45) is 0 Å². The Hall–Kier alpha value is -1.11. The van der Waals surface area contributed by atoms with Crippen LogP contribution in [0.2, 0.25) is 0 Å². The van der Waals surface area contributed by atoms with Crippen molar-refractivity contribution < 1.29 is 19.4 Å². The van der Waals surface area contributed by atoms with Gasteiger partial charge in [-0.15, -0.1) is 0 Å². The van der Waals surface area contributed by atoms with Gasteiger partial charge >= 0.3 is 0 Å². The predicted molar refractivity (Wildman–Crippen MR) is 70.9 cm³/mol. The van der Waals surface area contributed by atoms with Crippen LogP contribution in [-0.2, 0) is 4.74 Å². The lowest BCUT2D eigenvalue weighted by atomic mass is 10.1. The van der Waals surface area contributed by atoms with E-state index in [0.717, 1.165) is 4.47 Å². The number of carbonyl (C=O) groups excluding carboxylic acids is 1. The van der Waals surface area contributed by atoms with E-state index in [-0.39, 0.29) is 19.1 Å². The molecule has 0 saturated carbocycles. The van der Waals surface area contributed by atoms with Crippen molar-refractivity contribution in [1.29, 1.82) is 0 Å². The summed E-state index contributed by atoms with van der Waals surface area (Å²) in [4.78, 5) is 12.0. The smallest absolute Gasteiger partial charge is 0.255 e. The van der Waals surface area contributed by atoms with Crippen LogP contribution in [0.4, 0.5) is 0 Å². The van der Waals surface area contributed by atoms with E-state index in [2.05, 4.69) is 21.2 Å².